The molecule has 106 valence electrons. The summed E-state index contributed by atoms with van der Waals surface area (Å²) >= 11 is 4.22. The van der Waals surface area contributed by atoms with Crippen LogP contribution in [0.15, 0.2) is 78.2 Å². The van der Waals surface area contributed by atoms with E-state index in [1.54, 1.807) is 12.1 Å². The molecule has 0 saturated heterocycles. The van der Waals surface area contributed by atoms with Crippen LogP contribution in [0.3, 0.4) is 0 Å². The van der Waals surface area contributed by atoms with Crippen LogP contribution in [0.1, 0.15) is 12.5 Å². The van der Waals surface area contributed by atoms with Gasteiger partial charge in [0.25, 0.3) is 0 Å². The van der Waals surface area contributed by atoms with Gasteiger partial charge < -0.3 is 0 Å². The van der Waals surface area contributed by atoms with Crippen molar-refractivity contribution in [3.8, 4) is 11.1 Å². The van der Waals surface area contributed by atoms with Gasteiger partial charge in [-0.2, -0.15) is 0 Å². The van der Waals surface area contributed by atoms with Crippen molar-refractivity contribution in [3.63, 3.8) is 0 Å². The number of halogens is 1. The fraction of sp³-hybridized carbons (Fsp3) is 0.0526. The van der Waals surface area contributed by atoms with Gasteiger partial charge >= 0.3 is 0 Å². The average Bonchev–Trinajstić information content (AvgIpc) is 2.48. The fourth-order valence-electron chi connectivity index (χ4n) is 2.04. The summed E-state index contributed by atoms with van der Waals surface area (Å²) in [7, 11) is 0. The third kappa shape index (κ3) is 3.96. The van der Waals surface area contributed by atoms with Crippen LogP contribution in [0.25, 0.3) is 16.7 Å². The Morgan fingerprint density at radius 2 is 1.81 bits per heavy atom. The standard InChI is InChI=1S/C19H17FS/c1-3-15(10-9-14(2)21)17-11-12-18(19(20)13-17)16-7-5-4-6-8-16/h3-13,21H,1H2,2H3/b14-9+,15-10+. The van der Waals surface area contributed by atoms with E-state index in [1.165, 1.54) is 6.07 Å². The van der Waals surface area contributed by atoms with Crippen LogP contribution in [0.4, 0.5) is 4.39 Å². The number of hydrogen-bond acceptors (Lipinski definition) is 1. The van der Waals surface area contributed by atoms with Gasteiger partial charge in [0.05, 0.1) is 0 Å². The summed E-state index contributed by atoms with van der Waals surface area (Å²) in [5.74, 6) is -0.238. The van der Waals surface area contributed by atoms with E-state index < -0.39 is 0 Å². The molecule has 2 aromatic rings. The Morgan fingerprint density at radius 3 is 2.38 bits per heavy atom. The van der Waals surface area contributed by atoms with Crippen LogP contribution in [0.2, 0.25) is 0 Å². The summed E-state index contributed by atoms with van der Waals surface area (Å²) in [4.78, 5) is 0.885. The first kappa shape index (κ1) is 15.3. The smallest absolute Gasteiger partial charge is 0.131 e. The van der Waals surface area contributed by atoms with E-state index in [4.69, 9.17) is 0 Å². The van der Waals surface area contributed by atoms with Crippen LogP contribution < -0.4 is 0 Å². The lowest BCUT2D eigenvalue weighted by molar-refractivity contribution is 0.631. The largest absolute Gasteiger partial charge is 0.206 e. The lowest BCUT2D eigenvalue weighted by atomic mass is 9.99. The minimum absolute atomic E-state index is 0.238. The quantitative estimate of drug-likeness (QED) is 0.527. The molecule has 2 heteroatoms. The van der Waals surface area contributed by atoms with E-state index in [-0.39, 0.29) is 5.82 Å². The van der Waals surface area contributed by atoms with Crippen molar-refractivity contribution in [2.75, 3.05) is 0 Å². The normalized spacial score (nSPS) is 12.3. The zero-order valence-corrected chi connectivity index (χ0v) is 12.8. The summed E-state index contributed by atoms with van der Waals surface area (Å²) in [6.45, 7) is 5.67. The van der Waals surface area contributed by atoms with Crippen molar-refractivity contribution in [2.45, 2.75) is 6.92 Å². The van der Waals surface area contributed by atoms with Crippen molar-refractivity contribution < 1.29 is 4.39 Å². The van der Waals surface area contributed by atoms with Gasteiger partial charge in [0.1, 0.15) is 5.82 Å². The van der Waals surface area contributed by atoms with Crippen LogP contribution in [0, 0.1) is 5.82 Å². The van der Waals surface area contributed by atoms with Crippen molar-refractivity contribution in [3.05, 3.63) is 89.6 Å². The Balaban J connectivity index is 2.41. The molecule has 0 aliphatic rings. The van der Waals surface area contributed by atoms with Crippen molar-refractivity contribution in [1.29, 1.82) is 0 Å². The number of rotatable bonds is 4. The molecule has 0 amide bonds. The first-order chi connectivity index (χ1) is 10.1. The highest BCUT2D eigenvalue weighted by Crippen LogP contribution is 2.26. The first-order valence-corrected chi connectivity index (χ1v) is 7.12. The highest BCUT2D eigenvalue weighted by molar-refractivity contribution is 7.84. The molecule has 0 radical (unpaired) electrons. The molecule has 0 aliphatic heterocycles. The summed E-state index contributed by atoms with van der Waals surface area (Å²) in [6.07, 6.45) is 5.46. The summed E-state index contributed by atoms with van der Waals surface area (Å²) in [5, 5.41) is 0. The molecule has 0 spiro atoms. The molecule has 2 rings (SSSR count). The van der Waals surface area contributed by atoms with Gasteiger partial charge in [-0.3, -0.25) is 0 Å². The van der Waals surface area contributed by atoms with Crippen molar-refractivity contribution in [2.24, 2.45) is 0 Å². The maximum absolute atomic E-state index is 14.3. The Labute approximate surface area is 130 Å². The molecule has 0 bridgehead atoms. The topological polar surface area (TPSA) is 0 Å². The molecule has 0 atom stereocenters. The molecule has 0 aliphatic carbocycles. The molecule has 0 N–H and O–H groups in total. The highest BCUT2D eigenvalue weighted by Gasteiger charge is 2.07. The van der Waals surface area contributed by atoms with Gasteiger partial charge in [-0.25, -0.2) is 4.39 Å². The van der Waals surface area contributed by atoms with Crippen LogP contribution in [-0.4, -0.2) is 0 Å². The second-order valence-electron chi connectivity index (χ2n) is 4.69. The summed E-state index contributed by atoms with van der Waals surface area (Å²) < 4.78 is 14.3. The van der Waals surface area contributed by atoms with E-state index in [1.807, 2.05) is 55.5 Å². The number of benzene rings is 2. The predicted octanol–water partition coefficient (Wildman–Crippen LogP) is 5.90. The monoisotopic (exact) mass is 296 g/mol. The van der Waals surface area contributed by atoms with E-state index in [0.29, 0.717) is 5.56 Å². The van der Waals surface area contributed by atoms with Gasteiger partial charge in [0.15, 0.2) is 0 Å². The van der Waals surface area contributed by atoms with Gasteiger partial charge in [-0.05, 0) is 34.6 Å². The third-order valence-electron chi connectivity index (χ3n) is 3.11. The number of allylic oxidation sites excluding steroid dienone is 5. The van der Waals surface area contributed by atoms with E-state index in [9.17, 15) is 4.39 Å². The molecule has 0 nitrogen and oxygen atoms in total. The fourth-order valence-corrected chi connectivity index (χ4v) is 2.11. The molecule has 2 aromatic carbocycles. The van der Waals surface area contributed by atoms with Crippen molar-refractivity contribution in [1.82, 2.24) is 0 Å². The average molecular weight is 296 g/mol. The van der Waals surface area contributed by atoms with E-state index in [0.717, 1.165) is 21.6 Å². The minimum atomic E-state index is -0.238. The number of hydrogen-bond donors (Lipinski definition) is 1. The van der Waals surface area contributed by atoms with Crippen LogP contribution in [0.5, 0.6) is 0 Å². The maximum atomic E-state index is 14.3. The summed E-state index contributed by atoms with van der Waals surface area (Å²) in [6, 6.07) is 14.8. The first-order valence-electron chi connectivity index (χ1n) is 6.67. The molecule has 21 heavy (non-hydrogen) atoms. The molecule has 0 aromatic heterocycles. The molecule has 0 unspecified atom stereocenters. The molecular formula is C19H17FS. The zero-order chi connectivity index (χ0) is 15.2. The zero-order valence-electron chi connectivity index (χ0n) is 11.9. The second kappa shape index (κ2) is 7.09. The minimum Gasteiger partial charge on any atom is -0.206 e. The van der Waals surface area contributed by atoms with Gasteiger partial charge in [0.2, 0.25) is 0 Å². The molecule has 0 fully saturated rings. The third-order valence-corrected chi connectivity index (χ3v) is 3.26. The Bertz CT molecular complexity index is 693. The van der Waals surface area contributed by atoms with Gasteiger partial charge in [0, 0.05) is 5.56 Å². The predicted molar refractivity (Wildman–Crippen MR) is 92.8 cm³/mol. The molecule has 0 saturated carbocycles. The highest BCUT2D eigenvalue weighted by atomic mass is 32.1. The lowest BCUT2D eigenvalue weighted by Gasteiger charge is -2.07. The lowest BCUT2D eigenvalue weighted by Crippen LogP contribution is -1.88. The Kier molecular flexibility index (Phi) is 5.18. The molecule has 0 heterocycles. The van der Waals surface area contributed by atoms with Crippen LogP contribution >= 0.6 is 12.6 Å². The Hall–Kier alpha value is -2.06. The maximum Gasteiger partial charge on any atom is 0.131 e. The van der Waals surface area contributed by atoms with E-state index >= 15 is 0 Å². The summed E-state index contributed by atoms with van der Waals surface area (Å²) in [5.41, 5.74) is 3.13. The van der Waals surface area contributed by atoms with Crippen molar-refractivity contribution >= 4 is 18.2 Å². The molecular weight excluding hydrogens is 279 g/mol. The van der Waals surface area contributed by atoms with Gasteiger partial charge in [-0.15, -0.1) is 12.6 Å². The second-order valence-corrected chi connectivity index (χ2v) is 5.40. The Morgan fingerprint density at radius 1 is 1.10 bits per heavy atom. The number of thiol groups is 1. The SMILES string of the molecule is C=C/C(=C\C=C(/C)S)c1ccc(-c2ccccc2)c(F)c1. The van der Waals surface area contributed by atoms with Crippen LogP contribution in [-0.2, 0) is 0 Å². The van der Waals surface area contributed by atoms with Gasteiger partial charge in [-0.1, -0.05) is 67.3 Å². The van der Waals surface area contributed by atoms with E-state index in [2.05, 4.69) is 19.2 Å².